The van der Waals surface area contributed by atoms with Gasteiger partial charge >= 0.3 is 0 Å². The number of hydrogen-bond donors (Lipinski definition) is 0. The summed E-state index contributed by atoms with van der Waals surface area (Å²) in [5.41, 5.74) is 2.38. The van der Waals surface area contributed by atoms with Crippen LogP contribution in [0.2, 0.25) is 0 Å². The van der Waals surface area contributed by atoms with E-state index in [9.17, 15) is 9.18 Å². The van der Waals surface area contributed by atoms with Gasteiger partial charge in [0.05, 0.1) is 0 Å². The van der Waals surface area contributed by atoms with Crippen LogP contribution in [0.25, 0.3) is 0 Å². The first-order chi connectivity index (χ1) is 13.2. The minimum absolute atomic E-state index is 0.0688. The van der Waals surface area contributed by atoms with Gasteiger partial charge in [0, 0.05) is 32.2 Å². The lowest BCUT2D eigenvalue weighted by molar-refractivity contribution is -0.132. The van der Waals surface area contributed by atoms with Gasteiger partial charge in [-0.15, -0.1) is 0 Å². The van der Waals surface area contributed by atoms with Crippen molar-refractivity contribution in [3.8, 4) is 5.75 Å². The molecule has 0 N–H and O–H groups in total. The predicted molar refractivity (Wildman–Crippen MR) is 102 cm³/mol. The first-order valence-corrected chi connectivity index (χ1v) is 9.68. The molecule has 2 fully saturated rings. The molecular weight excluding hydrogens is 343 g/mol. The van der Waals surface area contributed by atoms with Crippen LogP contribution in [0.15, 0.2) is 48.5 Å². The van der Waals surface area contributed by atoms with Gasteiger partial charge in [0.25, 0.3) is 5.91 Å². The normalized spacial score (nSPS) is 19.7. The van der Waals surface area contributed by atoms with Gasteiger partial charge in [-0.1, -0.05) is 24.3 Å². The fraction of sp³-hybridized carbons (Fsp3) is 0.409. The number of carbonyl (C=O) groups excluding carboxylic acids is 1. The molecule has 0 aliphatic carbocycles. The predicted octanol–water partition coefficient (Wildman–Crippen LogP) is 3.77. The number of likely N-dealkylation sites (tertiary alicyclic amines) is 2. The molecule has 27 heavy (non-hydrogen) atoms. The molecule has 0 aromatic heterocycles. The van der Waals surface area contributed by atoms with E-state index in [1.54, 1.807) is 0 Å². The molecule has 0 spiro atoms. The summed E-state index contributed by atoms with van der Waals surface area (Å²) < 4.78 is 18.7. The zero-order valence-electron chi connectivity index (χ0n) is 15.4. The fourth-order valence-electron chi connectivity index (χ4n) is 3.82. The van der Waals surface area contributed by atoms with E-state index in [4.69, 9.17) is 4.74 Å². The standard InChI is InChI=1S/C22H25FN2O2/c23-19-7-5-18(6-8-19)21-11-14-25(21)15-17-3-9-20(10-4-17)27-16-22(26)24-12-1-2-13-24/h3-10,21H,1-2,11-16H2. The lowest BCUT2D eigenvalue weighted by atomic mass is 9.94. The third-order valence-electron chi connectivity index (χ3n) is 5.52. The number of carbonyl (C=O) groups is 1. The Morgan fingerprint density at radius 1 is 1.00 bits per heavy atom. The zero-order valence-corrected chi connectivity index (χ0v) is 15.4. The molecule has 2 aromatic rings. The largest absolute Gasteiger partial charge is 0.484 e. The monoisotopic (exact) mass is 368 g/mol. The molecule has 0 bridgehead atoms. The summed E-state index contributed by atoms with van der Waals surface area (Å²) >= 11 is 0. The quantitative estimate of drug-likeness (QED) is 0.778. The van der Waals surface area contributed by atoms with Gasteiger partial charge in [0.1, 0.15) is 11.6 Å². The Morgan fingerprint density at radius 3 is 2.33 bits per heavy atom. The van der Waals surface area contributed by atoms with E-state index in [1.165, 1.54) is 23.3 Å². The molecule has 2 heterocycles. The molecule has 0 saturated carbocycles. The zero-order chi connectivity index (χ0) is 18.6. The van der Waals surface area contributed by atoms with Crippen LogP contribution in [0.3, 0.4) is 0 Å². The smallest absolute Gasteiger partial charge is 0.260 e. The lowest BCUT2D eigenvalue weighted by Crippen LogP contribution is -2.40. The Balaban J connectivity index is 1.29. The highest BCUT2D eigenvalue weighted by Gasteiger charge is 2.29. The third-order valence-corrected chi connectivity index (χ3v) is 5.52. The summed E-state index contributed by atoms with van der Waals surface area (Å²) in [5, 5.41) is 0. The Kier molecular flexibility index (Phi) is 5.39. The minimum Gasteiger partial charge on any atom is -0.484 e. The molecule has 4 rings (SSSR count). The van der Waals surface area contributed by atoms with Crippen LogP contribution in [0.1, 0.15) is 36.4 Å². The van der Waals surface area contributed by atoms with Crippen molar-refractivity contribution in [3.05, 3.63) is 65.5 Å². The highest BCUT2D eigenvalue weighted by Crippen LogP contribution is 2.34. The number of nitrogens with zero attached hydrogens (tertiary/aromatic N) is 2. The molecular formula is C22H25FN2O2. The van der Waals surface area contributed by atoms with E-state index in [0.29, 0.717) is 6.04 Å². The summed E-state index contributed by atoms with van der Waals surface area (Å²) in [5.74, 6) is 0.604. The van der Waals surface area contributed by atoms with Crippen LogP contribution >= 0.6 is 0 Å². The Labute approximate surface area is 159 Å². The van der Waals surface area contributed by atoms with E-state index in [-0.39, 0.29) is 18.3 Å². The van der Waals surface area contributed by atoms with Gasteiger partial charge in [0.15, 0.2) is 6.61 Å². The summed E-state index contributed by atoms with van der Waals surface area (Å²) in [7, 11) is 0. The lowest BCUT2D eigenvalue weighted by Gasteiger charge is -2.41. The van der Waals surface area contributed by atoms with Crippen LogP contribution in [0.4, 0.5) is 4.39 Å². The second-order valence-corrected chi connectivity index (χ2v) is 7.35. The fourth-order valence-corrected chi connectivity index (χ4v) is 3.82. The molecule has 2 aliphatic rings. The van der Waals surface area contributed by atoms with Crippen molar-refractivity contribution in [2.24, 2.45) is 0 Å². The third kappa shape index (κ3) is 4.30. The molecule has 4 nitrogen and oxygen atoms in total. The Bertz CT molecular complexity index is 770. The molecule has 2 aromatic carbocycles. The molecule has 5 heteroatoms. The topological polar surface area (TPSA) is 32.8 Å². The Morgan fingerprint density at radius 2 is 1.70 bits per heavy atom. The van der Waals surface area contributed by atoms with Gasteiger partial charge in [-0.05, 0) is 54.7 Å². The average molecular weight is 368 g/mol. The molecule has 2 saturated heterocycles. The maximum absolute atomic E-state index is 13.1. The van der Waals surface area contributed by atoms with Crippen LogP contribution < -0.4 is 4.74 Å². The van der Waals surface area contributed by atoms with E-state index in [2.05, 4.69) is 17.0 Å². The number of benzene rings is 2. The molecule has 1 amide bonds. The van der Waals surface area contributed by atoms with E-state index in [1.807, 2.05) is 29.2 Å². The van der Waals surface area contributed by atoms with Crippen molar-refractivity contribution in [2.45, 2.75) is 31.8 Å². The second kappa shape index (κ2) is 8.09. The van der Waals surface area contributed by atoms with Crippen molar-refractivity contribution >= 4 is 5.91 Å². The van der Waals surface area contributed by atoms with Crippen molar-refractivity contribution in [2.75, 3.05) is 26.2 Å². The van der Waals surface area contributed by atoms with Crippen molar-refractivity contribution in [3.63, 3.8) is 0 Å². The highest BCUT2D eigenvalue weighted by molar-refractivity contribution is 5.78. The first-order valence-electron chi connectivity index (χ1n) is 9.68. The number of halogens is 1. The van der Waals surface area contributed by atoms with E-state index < -0.39 is 0 Å². The summed E-state index contributed by atoms with van der Waals surface area (Å²) in [6.07, 6.45) is 3.29. The van der Waals surface area contributed by atoms with Crippen molar-refractivity contribution in [1.82, 2.24) is 9.80 Å². The number of ether oxygens (including phenoxy) is 1. The summed E-state index contributed by atoms with van der Waals surface area (Å²) in [6, 6.07) is 15.1. The van der Waals surface area contributed by atoms with Crippen LogP contribution in [0, 0.1) is 5.82 Å². The van der Waals surface area contributed by atoms with Crippen LogP contribution in [0.5, 0.6) is 5.75 Å². The van der Waals surface area contributed by atoms with E-state index in [0.717, 1.165) is 51.2 Å². The first kappa shape index (κ1) is 18.0. The Hall–Kier alpha value is -2.40. The second-order valence-electron chi connectivity index (χ2n) is 7.35. The average Bonchev–Trinajstić information content (AvgIpc) is 3.21. The van der Waals surface area contributed by atoms with E-state index >= 15 is 0 Å². The number of amides is 1. The highest BCUT2D eigenvalue weighted by atomic mass is 19.1. The maximum atomic E-state index is 13.1. The molecule has 2 aliphatic heterocycles. The number of hydrogen-bond acceptors (Lipinski definition) is 3. The van der Waals surface area contributed by atoms with Gasteiger partial charge in [0.2, 0.25) is 0 Å². The molecule has 1 unspecified atom stereocenters. The van der Waals surface area contributed by atoms with Gasteiger partial charge in [-0.3, -0.25) is 9.69 Å². The van der Waals surface area contributed by atoms with Crippen LogP contribution in [-0.4, -0.2) is 41.9 Å². The van der Waals surface area contributed by atoms with Gasteiger partial charge < -0.3 is 9.64 Å². The number of rotatable bonds is 6. The van der Waals surface area contributed by atoms with Gasteiger partial charge in [-0.25, -0.2) is 4.39 Å². The molecule has 1 atom stereocenters. The molecule has 0 radical (unpaired) electrons. The molecule has 142 valence electrons. The van der Waals surface area contributed by atoms with Gasteiger partial charge in [-0.2, -0.15) is 0 Å². The summed E-state index contributed by atoms with van der Waals surface area (Å²) in [6.45, 7) is 3.72. The SMILES string of the molecule is O=C(COc1ccc(CN2CCC2c2ccc(F)cc2)cc1)N1CCCC1. The minimum atomic E-state index is -0.191. The van der Waals surface area contributed by atoms with Crippen molar-refractivity contribution < 1.29 is 13.9 Å². The van der Waals surface area contributed by atoms with Crippen LogP contribution in [-0.2, 0) is 11.3 Å². The van der Waals surface area contributed by atoms with Crippen molar-refractivity contribution in [1.29, 1.82) is 0 Å². The summed E-state index contributed by atoms with van der Waals surface area (Å²) in [4.78, 5) is 16.3. The maximum Gasteiger partial charge on any atom is 0.260 e.